The molecule has 3 heteroatoms. The summed E-state index contributed by atoms with van der Waals surface area (Å²) >= 11 is 0. The average Bonchev–Trinajstić information content (AvgIpc) is 1.98. The Morgan fingerprint density at radius 1 is 1.58 bits per heavy atom. The van der Waals surface area contributed by atoms with Crippen LogP contribution in [0.15, 0.2) is 11.6 Å². The van der Waals surface area contributed by atoms with Gasteiger partial charge in [-0.15, -0.1) is 0 Å². The lowest BCUT2D eigenvalue weighted by molar-refractivity contribution is -0.132. The lowest BCUT2D eigenvalue weighted by Crippen LogP contribution is -2.25. The highest BCUT2D eigenvalue weighted by atomic mass is 16.4. The van der Waals surface area contributed by atoms with E-state index in [0.29, 0.717) is 5.57 Å². The Morgan fingerprint density at radius 3 is 2.33 bits per heavy atom. The number of nitrogens with zero attached hydrogens (tertiary/aromatic N) is 1. The highest BCUT2D eigenvalue weighted by molar-refractivity contribution is 5.85. The van der Waals surface area contributed by atoms with Crippen molar-refractivity contribution in [3.8, 4) is 0 Å². The second-order valence-corrected chi connectivity index (χ2v) is 3.09. The van der Waals surface area contributed by atoms with Gasteiger partial charge in [0.15, 0.2) is 0 Å². The topological polar surface area (TPSA) is 40.5 Å². The van der Waals surface area contributed by atoms with E-state index in [-0.39, 0.29) is 6.04 Å². The number of hydrogen-bond donors (Lipinski definition) is 1. The first kappa shape index (κ1) is 11.2. The molecular weight excluding hydrogens is 154 g/mol. The summed E-state index contributed by atoms with van der Waals surface area (Å²) in [6.07, 6.45) is 2.71. The fourth-order valence-corrected chi connectivity index (χ4v) is 0.992. The van der Waals surface area contributed by atoms with Crippen molar-refractivity contribution in [2.45, 2.75) is 26.3 Å². The van der Waals surface area contributed by atoms with E-state index in [1.807, 2.05) is 25.9 Å². The van der Waals surface area contributed by atoms with Gasteiger partial charge in [0.1, 0.15) is 0 Å². The second kappa shape index (κ2) is 4.93. The van der Waals surface area contributed by atoms with Crippen LogP contribution in [0.3, 0.4) is 0 Å². The van der Waals surface area contributed by atoms with Gasteiger partial charge in [-0.05, 0) is 27.4 Å². The highest BCUT2D eigenvalue weighted by Gasteiger charge is 2.08. The van der Waals surface area contributed by atoms with Crippen LogP contribution >= 0.6 is 0 Å². The smallest absolute Gasteiger partial charge is 0.331 e. The SMILES string of the molecule is CCC(C=C(C)C(=O)O)N(C)C. The maximum Gasteiger partial charge on any atom is 0.331 e. The van der Waals surface area contributed by atoms with E-state index < -0.39 is 5.97 Å². The molecule has 0 aliphatic rings. The molecule has 0 aliphatic carbocycles. The van der Waals surface area contributed by atoms with Gasteiger partial charge < -0.3 is 10.0 Å². The monoisotopic (exact) mass is 171 g/mol. The molecule has 0 aliphatic heterocycles. The Morgan fingerprint density at radius 2 is 2.08 bits per heavy atom. The van der Waals surface area contributed by atoms with E-state index in [4.69, 9.17) is 5.11 Å². The van der Waals surface area contributed by atoms with Gasteiger partial charge in [0.2, 0.25) is 0 Å². The summed E-state index contributed by atoms with van der Waals surface area (Å²) in [6.45, 7) is 3.66. The number of likely N-dealkylation sites (N-methyl/N-ethyl adjacent to an activating group) is 1. The lowest BCUT2D eigenvalue weighted by Gasteiger charge is -2.19. The first-order valence-corrected chi connectivity index (χ1v) is 4.07. The van der Waals surface area contributed by atoms with Crippen LogP contribution in [0.5, 0.6) is 0 Å². The molecule has 0 bridgehead atoms. The Balaban J connectivity index is 4.35. The second-order valence-electron chi connectivity index (χ2n) is 3.09. The molecule has 0 aromatic heterocycles. The van der Waals surface area contributed by atoms with Gasteiger partial charge in [0.05, 0.1) is 0 Å². The van der Waals surface area contributed by atoms with E-state index in [1.54, 1.807) is 13.0 Å². The number of hydrogen-bond acceptors (Lipinski definition) is 2. The van der Waals surface area contributed by atoms with Crippen molar-refractivity contribution in [1.82, 2.24) is 4.90 Å². The van der Waals surface area contributed by atoms with Gasteiger partial charge in [-0.25, -0.2) is 4.79 Å². The summed E-state index contributed by atoms with van der Waals surface area (Å²) in [5.74, 6) is -0.838. The zero-order valence-electron chi connectivity index (χ0n) is 8.16. The fourth-order valence-electron chi connectivity index (χ4n) is 0.992. The normalized spacial score (nSPS) is 14.9. The molecule has 0 aromatic carbocycles. The molecule has 0 saturated heterocycles. The molecule has 0 rings (SSSR count). The quantitative estimate of drug-likeness (QED) is 0.649. The third kappa shape index (κ3) is 3.53. The van der Waals surface area contributed by atoms with Crippen LogP contribution in [-0.4, -0.2) is 36.1 Å². The van der Waals surface area contributed by atoms with Crippen LogP contribution in [-0.2, 0) is 4.79 Å². The van der Waals surface area contributed by atoms with Gasteiger partial charge in [0, 0.05) is 11.6 Å². The lowest BCUT2D eigenvalue weighted by atomic mass is 10.1. The summed E-state index contributed by atoms with van der Waals surface area (Å²) < 4.78 is 0. The maximum absolute atomic E-state index is 10.5. The summed E-state index contributed by atoms with van der Waals surface area (Å²) in [5, 5.41) is 8.62. The third-order valence-electron chi connectivity index (χ3n) is 1.86. The molecule has 12 heavy (non-hydrogen) atoms. The Labute approximate surface area is 73.7 Å². The minimum Gasteiger partial charge on any atom is -0.478 e. The number of rotatable bonds is 4. The molecule has 0 heterocycles. The number of aliphatic carboxylic acids is 1. The van der Waals surface area contributed by atoms with Gasteiger partial charge in [-0.3, -0.25) is 0 Å². The molecule has 1 atom stereocenters. The van der Waals surface area contributed by atoms with E-state index in [1.165, 1.54) is 0 Å². The molecule has 0 radical (unpaired) electrons. The molecule has 0 fully saturated rings. The summed E-state index contributed by atoms with van der Waals surface area (Å²) in [4.78, 5) is 12.5. The fraction of sp³-hybridized carbons (Fsp3) is 0.667. The zero-order valence-corrected chi connectivity index (χ0v) is 8.16. The van der Waals surface area contributed by atoms with Crippen molar-refractivity contribution in [2.24, 2.45) is 0 Å². The van der Waals surface area contributed by atoms with E-state index in [9.17, 15) is 4.79 Å². The van der Waals surface area contributed by atoms with Crippen LogP contribution in [0, 0.1) is 0 Å². The van der Waals surface area contributed by atoms with Gasteiger partial charge in [-0.1, -0.05) is 13.0 Å². The predicted octanol–water partition coefficient (Wildman–Crippen LogP) is 1.36. The highest BCUT2D eigenvalue weighted by Crippen LogP contribution is 2.04. The predicted molar refractivity (Wildman–Crippen MR) is 49.2 cm³/mol. The first-order valence-electron chi connectivity index (χ1n) is 4.07. The number of carbonyl (C=O) groups is 1. The van der Waals surface area contributed by atoms with Crippen molar-refractivity contribution in [3.63, 3.8) is 0 Å². The Kier molecular flexibility index (Phi) is 4.59. The molecule has 0 spiro atoms. The first-order chi connectivity index (χ1) is 5.49. The molecular formula is C9H17NO2. The zero-order chi connectivity index (χ0) is 9.72. The van der Waals surface area contributed by atoms with E-state index in [2.05, 4.69) is 0 Å². The van der Waals surface area contributed by atoms with Crippen molar-refractivity contribution in [2.75, 3.05) is 14.1 Å². The Hall–Kier alpha value is -0.830. The van der Waals surface area contributed by atoms with Gasteiger partial charge >= 0.3 is 5.97 Å². The minimum absolute atomic E-state index is 0.223. The van der Waals surface area contributed by atoms with Crippen molar-refractivity contribution < 1.29 is 9.90 Å². The van der Waals surface area contributed by atoms with Crippen LogP contribution in [0.4, 0.5) is 0 Å². The molecule has 3 nitrogen and oxygen atoms in total. The molecule has 70 valence electrons. The van der Waals surface area contributed by atoms with E-state index >= 15 is 0 Å². The number of carboxylic acids is 1. The van der Waals surface area contributed by atoms with Crippen LogP contribution in [0.25, 0.3) is 0 Å². The third-order valence-corrected chi connectivity index (χ3v) is 1.86. The molecule has 0 aromatic rings. The summed E-state index contributed by atoms with van der Waals surface area (Å²) in [7, 11) is 3.89. The molecule has 0 saturated carbocycles. The van der Waals surface area contributed by atoms with E-state index in [0.717, 1.165) is 6.42 Å². The largest absolute Gasteiger partial charge is 0.478 e. The molecule has 0 amide bonds. The van der Waals surface area contributed by atoms with Crippen molar-refractivity contribution in [1.29, 1.82) is 0 Å². The summed E-state index contributed by atoms with van der Waals surface area (Å²) in [5.41, 5.74) is 0.413. The van der Waals surface area contributed by atoms with Crippen molar-refractivity contribution >= 4 is 5.97 Å². The van der Waals surface area contributed by atoms with Crippen LogP contribution in [0.2, 0.25) is 0 Å². The maximum atomic E-state index is 10.5. The number of carboxylic acid groups (broad SMARTS) is 1. The average molecular weight is 171 g/mol. The standard InChI is InChI=1S/C9H17NO2/c1-5-8(10(3)4)6-7(2)9(11)12/h6,8H,5H2,1-4H3,(H,11,12). The van der Waals surface area contributed by atoms with Gasteiger partial charge in [0.25, 0.3) is 0 Å². The summed E-state index contributed by atoms with van der Waals surface area (Å²) in [6, 6.07) is 0.223. The van der Waals surface area contributed by atoms with Crippen LogP contribution in [0.1, 0.15) is 20.3 Å². The van der Waals surface area contributed by atoms with Crippen LogP contribution < -0.4 is 0 Å². The van der Waals surface area contributed by atoms with Crippen molar-refractivity contribution in [3.05, 3.63) is 11.6 Å². The molecule has 1 N–H and O–H groups in total. The molecule has 1 unspecified atom stereocenters. The Bertz CT molecular complexity index is 185. The minimum atomic E-state index is -0.838. The van der Waals surface area contributed by atoms with Gasteiger partial charge in [-0.2, -0.15) is 0 Å².